The third-order valence-corrected chi connectivity index (χ3v) is 8.64. The number of carbonyl (C=O) groups excluding carboxylic acids is 2. The largest absolute Gasteiger partial charge is 0.497 e. The minimum absolute atomic E-state index is 0.0548. The molecule has 210 valence electrons. The van der Waals surface area contributed by atoms with Gasteiger partial charge in [0.2, 0.25) is 0 Å². The molecule has 1 aliphatic heterocycles. The maximum atomic E-state index is 14.2. The molecule has 0 saturated carbocycles. The Bertz CT molecular complexity index is 1580. The van der Waals surface area contributed by atoms with Gasteiger partial charge in [-0.15, -0.1) is 0 Å². The van der Waals surface area contributed by atoms with Gasteiger partial charge in [-0.1, -0.05) is 27.7 Å². The van der Waals surface area contributed by atoms with Crippen LogP contribution in [0.3, 0.4) is 0 Å². The van der Waals surface area contributed by atoms with E-state index in [2.05, 4.69) is 4.98 Å². The van der Waals surface area contributed by atoms with Crippen molar-refractivity contribution in [3.63, 3.8) is 0 Å². The maximum Gasteiger partial charge on any atom is 0.186 e. The van der Waals surface area contributed by atoms with E-state index in [4.69, 9.17) is 9.73 Å². The smallest absolute Gasteiger partial charge is 0.186 e. The zero-order chi connectivity index (χ0) is 29.1. The van der Waals surface area contributed by atoms with Gasteiger partial charge in [0.15, 0.2) is 11.6 Å². The number of aliphatic hydroxyl groups is 2. The van der Waals surface area contributed by atoms with E-state index >= 15 is 0 Å². The van der Waals surface area contributed by atoms with Crippen molar-refractivity contribution in [2.24, 2.45) is 22.7 Å². The zero-order valence-electron chi connectivity index (χ0n) is 24.3. The summed E-state index contributed by atoms with van der Waals surface area (Å²) in [5.41, 5.74) is 3.63. The lowest BCUT2D eigenvalue weighted by atomic mass is 9.65. The van der Waals surface area contributed by atoms with Gasteiger partial charge in [-0.3, -0.25) is 14.6 Å². The predicted octanol–water partition coefficient (Wildman–Crippen LogP) is 4.82. The third kappa shape index (κ3) is 4.32. The van der Waals surface area contributed by atoms with Gasteiger partial charge in [0.05, 0.1) is 30.5 Å². The molecular weight excluding hydrogens is 504 g/mol. The SMILES string of the molecule is COc1ccc2c3c([nH]c2c1)C(C(C1=C(C)C(=O)C=C(C(C)C)C1=O)C1(O)C=C(C(C)C)C(O)C=C1C)=NCC3. The van der Waals surface area contributed by atoms with E-state index in [0.29, 0.717) is 46.7 Å². The van der Waals surface area contributed by atoms with Crippen molar-refractivity contribution >= 4 is 28.2 Å². The lowest BCUT2D eigenvalue weighted by Crippen LogP contribution is -2.49. The number of H-pyrrole nitrogens is 1. The van der Waals surface area contributed by atoms with Crippen molar-refractivity contribution in [1.82, 2.24) is 4.98 Å². The number of methoxy groups -OCH3 is 1. The highest BCUT2D eigenvalue weighted by Gasteiger charge is 2.50. The zero-order valence-corrected chi connectivity index (χ0v) is 24.3. The molecule has 2 aliphatic carbocycles. The molecule has 3 atom stereocenters. The minimum Gasteiger partial charge on any atom is -0.497 e. The molecule has 40 heavy (non-hydrogen) atoms. The van der Waals surface area contributed by atoms with Crippen molar-refractivity contribution in [2.75, 3.05) is 13.7 Å². The first-order chi connectivity index (χ1) is 18.9. The van der Waals surface area contributed by atoms with Crippen LogP contribution in [0.25, 0.3) is 10.9 Å². The second-order valence-corrected chi connectivity index (χ2v) is 11.7. The number of hydrogen-bond acceptors (Lipinski definition) is 6. The van der Waals surface area contributed by atoms with E-state index in [1.54, 1.807) is 33.1 Å². The molecule has 3 N–H and O–H groups in total. The Kier molecular flexibility index (Phi) is 7.09. The van der Waals surface area contributed by atoms with Crippen LogP contribution in [0.4, 0.5) is 0 Å². The minimum atomic E-state index is -1.70. The molecule has 7 heteroatoms. The molecule has 3 unspecified atom stereocenters. The number of hydrogen-bond donors (Lipinski definition) is 3. The van der Waals surface area contributed by atoms with E-state index < -0.39 is 17.6 Å². The van der Waals surface area contributed by atoms with E-state index in [1.165, 1.54) is 6.08 Å². The lowest BCUT2D eigenvalue weighted by molar-refractivity contribution is -0.116. The molecular formula is C33H38N2O5. The Labute approximate surface area is 235 Å². The number of rotatable bonds is 6. The third-order valence-electron chi connectivity index (χ3n) is 8.64. The molecule has 0 saturated heterocycles. The summed E-state index contributed by atoms with van der Waals surface area (Å²) in [6.45, 7) is 11.6. The number of allylic oxidation sites excluding steroid dienone is 3. The fourth-order valence-electron chi connectivity index (χ4n) is 6.30. The van der Waals surface area contributed by atoms with Gasteiger partial charge in [-0.05, 0) is 79.2 Å². The molecule has 3 aliphatic rings. The van der Waals surface area contributed by atoms with E-state index in [9.17, 15) is 19.8 Å². The Hall–Kier alpha value is -3.55. The molecule has 0 amide bonds. The van der Waals surface area contributed by atoms with E-state index in [-0.39, 0.29) is 29.0 Å². The van der Waals surface area contributed by atoms with Crippen molar-refractivity contribution in [1.29, 1.82) is 0 Å². The molecule has 0 fully saturated rings. The first kappa shape index (κ1) is 28.0. The quantitative estimate of drug-likeness (QED) is 0.358. The summed E-state index contributed by atoms with van der Waals surface area (Å²) in [4.78, 5) is 35.9. The highest BCUT2D eigenvalue weighted by Crippen LogP contribution is 2.45. The Morgan fingerprint density at radius 2 is 1.85 bits per heavy atom. The number of carbonyl (C=O) groups is 2. The molecule has 2 aromatic rings. The summed E-state index contributed by atoms with van der Waals surface area (Å²) in [5.74, 6) is -0.987. The number of aromatic amines is 1. The van der Waals surface area contributed by atoms with Crippen LogP contribution in [-0.2, 0) is 16.0 Å². The van der Waals surface area contributed by atoms with Crippen LogP contribution in [0.15, 0.2) is 69.3 Å². The monoisotopic (exact) mass is 542 g/mol. The number of nitrogens with zero attached hydrogens (tertiary/aromatic N) is 1. The Morgan fingerprint density at radius 3 is 2.50 bits per heavy atom. The average Bonchev–Trinajstić information content (AvgIpc) is 3.28. The first-order valence-electron chi connectivity index (χ1n) is 14.0. The Balaban J connectivity index is 1.81. The Morgan fingerprint density at radius 1 is 1.12 bits per heavy atom. The van der Waals surface area contributed by atoms with Gasteiger partial charge in [0, 0.05) is 40.2 Å². The van der Waals surface area contributed by atoms with Gasteiger partial charge in [-0.25, -0.2) is 0 Å². The first-order valence-corrected chi connectivity index (χ1v) is 14.0. The van der Waals surface area contributed by atoms with Crippen molar-refractivity contribution in [3.8, 4) is 5.75 Å². The van der Waals surface area contributed by atoms with Crippen molar-refractivity contribution in [3.05, 3.63) is 75.6 Å². The highest BCUT2D eigenvalue weighted by atomic mass is 16.5. The summed E-state index contributed by atoms with van der Waals surface area (Å²) >= 11 is 0. The number of fused-ring (bicyclic) bond motifs is 3. The number of aliphatic imine (C=N–C) groups is 1. The molecule has 0 radical (unpaired) electrons. The summed E-state index contributed by atoms with van der Waals surface area (Å²) in [7, 11) is 1.62. The fraction of sp³-hybridized carbons (Fsp3) is 0.424. The van der Waals surface area contributed by atoms with Crippen LogP contribution in [0.1, 0.15) is 52.8 Å². The molecule has 2 heterocycles. The van der Waals surface area contributed by atoms with Gasteiger partial charge in [0.25, 0.3) is 0 Å². The second-order valence-electron chi connectivity index (χ2n) is 11.7. The van der Waals surface area contributed by atoms with Crippen molar-refractivity contribution < 1.29 is 24.5 Å². The molecule has 1 aromatic heterocycles. The highest BCUT2D eigenvalue weighted by molar-refractivity contribution is 6.26. The predicted molar refractivity (Wildman–Crippen MR) is 157 cm³/mol. The molecule has 0 spiro atoms. The molecule has 5 rings (SSSR count). The average molecular weight is 543 g/mol. The van der Waals surface area contributed by atoms with Crippen LogP contribution in [-0.4, -0.2) is 57.8 Å². The topological polar surface area (TPSA) is 112 Å². The summed E-state index contributed by atoms with van der Waals surface area (Å²) in [6, 6.07) is 5.84. The standard InChI is InChI=1S/C33H38N2O5/c1-16(2)23-14-26(36)19(6)28(32(23)38)29(33(39)15-24(17(3)4)27(37)12-18(33)5)31-30-22(10-11-34-31)21-9-8-20(40-7)13-25(21)35-30/h8-9,12-17,27,29,35,37,39H,10-11H2,1-7H3. The number of nitrogens with one attached hydrogen (secondary N) is 1. The normalized spacial score (nSPS) is 24.2. The molecule has 1 aromatic carbocycles. The van der Waals surface area contributed by atoms with Crippen LogP contribution in [0, 0.1) is 17.8 Å². The fourth-order valence-corrected chi connectivity index (χ4v) is 6.30. The van der Waals surface area contributed by atoms with Crippen LogP contribution in [0.5, 0.6) is 5.75 Å². The number of benzene rings is 1. The van der Waals surface area contributed by atoms with E-state index in [0.717, 1.165) is 22.2 Å². The van der Waals surface area contributed by atoms with Gasteiger partial charge >= 0.3 is 0 Å². The van der Waals surface area contributed by atoms with Gasteiger partial charge in [0.1, 0.15) is 11.4 Å². The van der Waals surface area contributed by atoms with Crippen LogP contribution >= 0.6 is 0 Å². The van der Waals surface area contributed by atoms with Crippen LogP contribution in [0.2, 0.25) is 0 Å². The van der Waals surface area contributed by atoms with Crippen LogP contribution < -0.4 is 4.74 Å². The van der Waals surface area contributed by atoms with Gasteiger partial charge < -0.3 is 19.9 Å². The molecule has 7 nitrogen and oxygen atoms in total. The molecule has 0 bridgehead atoms. The summed E-state index contributed by atoms with van der Waals surface area (Å²) in [5, 5.41) is 24.6. The maximum absolute atomic E-state index is 14.2. The van der Waals surface area contributed by atoms with Crippen molar-refractivity contribution in [2.45, 2.75) is 59.7 Å². The summed E-state index contributed by atoms with van der Waals surface area (Å²) < 4.78 is 5.44. The van der Waals surface area contributed by atoms with Gasteiger partial charge in [-0.2, -0.15) is 0 Å². The number of ether oxygens (including phenoxy) is 1. The van der Waals surface area contributed by atoms with E-state index in [1.807, 2.05) is 45.9 Å². The number of ketones is 2. The number of aromatic nitrogens is 1. The number of aliphatic hydroxyl groups excluding tert-OH is 1. The number of Topliss-reactive ketones (excluding diaryl/α,β-unsaturated/α-hetero) is 1. The lowest BCUT2D eigenvalue weighted by Gasteiger charge is -2.42. The second kappa shape index (κ2) is 10.1. The summed E-state index contributed by atoms with van der Waals surface area (Å²) in [6.07, 6.45) is 4.61.